The van der Waals surface area contributed by atoms with Gasteiger partial charge in [-0.05, 0) is 37.0 Å². The van der Waals surface area contributed by atoms with Gasteiger partial charge in [0.15, 0.2) is 0 Å². The number of nitrogens with zero attached hydrogens (tertiary/aromatic N) is 1. The number of carbonyl (C=O) groups is 1. The first kappa shape index (κ1) is 14.9. The number of hydrogen-bond donors (Lipinski definition) is 1. The highest BCUT2D eigenvalue weighted by atomic mass is 16.5. The molecule has 1 aromatic rings. The number of amides is 1. The summed E-state index contributed by atoms with van der Waals surface area (Å²) in [5.41, 5.74) is 8.08. The average molecular weight is 276 g/mol. The quantitative estimate of drug-likeness (QED) is 0.859. The molecule has 20 heavy (non-hydrogen) atoms. The Morgan fingerprint density at radius 3 is 2.95 bits per heavy atom. The summed E-state index contributed by atoms with van der Waals surface area (Å²) in [6, 6.07) is 5.48. The molecule has 0 saturated carbocycles. The number of nitrogens with two attached hydrogens (primary N) is 1. The highest BCUT2D eigenvalue weighted by Gasteiger charge is 2.28. The van der Waals surface area contributed by atoms with E-state index < -0.39 is 0 Å². The van der Waals surface area contributed by atoms with Crippen molar-refractivity contribution in [1.82, 2.24) is 4.90 Å². The Kier molecular flexibility index (Phi) is 4.65. The summed E-state index contributed by atoms with van der Waals surface area (Å²) in [7, 11) is 0. The third-order valence-corrected chi connectivity index (χ3v) is 3.59. The van der Waals surface area contributed by atoms with Gasteiger partial charge in [-0.25, -0.2) is 0 Å². The van der Waals surface area contributed by atoms with Crippen molar-refractivity contribution in [2.45, 2.75) is 33.3 Å². The summed E-state index contributed by atoms with van der Waals surface area (Å²) >= 11 is 0. The number of nitrogen functional groups attached to an aromatic ring is 1. The minimum Gasteiger partial charge on any atom is -0.399 e. The molecule has 1 aromatic carbocycles. The normalized spacial score (nSPS) is 18.8. The van der Waals surface area contributed by atoms with Crippen LogP contribution in [0, 0.1) is 12.8 Å². The zero-order valence-corrected chi connectivity index (χ0v) is 12.6. The molecule has 1 saturated heterocycles. The number of rotatable bonds is 4. The van der Waals surface area contributed by atoms with Crippen LogP contribution >= 0.6 is 0 Å². The average Bonchev–Trinajstić information content (AvgIpc) is 2.87. The van der Waals surface area contributed by atoms with Gasteiger partial charge in [0, 0.05) is 30.9 Å². The summed E-state index contributed by atoms with van der Waals surface area (Å²) in [5.74, 6) is 0.585. The zero-order valence-electron chi connectivity index (χ0n) is 12.6. The Hall–Kier alpha value is -1.55. The van der Waals surface area contributed by atoms with E-state index >= 15 is 0 Å². The zero-order chi connectivity index (χ0) is 14.7. The number of aryl methyl sites for hydroxylation is 1. The van der Waals surface area contributed by atoms with E-state index in [0.29, 0.717) is 23.7 Å². The summed E-state index contributed by atoms with van der Waals surface area (Å²) in [6.07, 6.45) is 1.09. The first-order valence-corrected chi connectivity index (χ1v) is 7.24. The predicted octanol–water partition coefficient (Wildman–Crippen LogP) is 2.46. The van der Waals surface area contributed by atoms with Gasteiger partial charge < -0.3 is 15.4 Å². The molecule has 110 valence electrons. The number of carbonyl (C=O) groups excluding carboxylic acids is 1. The lowest BCUT2D eigenvalue weighted by atomic mass is 10.1. The molecule has 1 heterocycles. The first-order valence-electron chi connectivity index (χ1n) is 7.24. The molecule has 1 unspecified atom stereocenters. The van der Waals surface area contributed by atoms with E-state index in [1.165, 1.54) is 0 Å². The minimum absolute atomic E-state index is 0.0606. The number of ether oxygens (including phenoxy) is 1. The molecule has 1 aliphatic rings. The van der Waals surface area contributed by atoms with Gasteiger partial charge in [0.05, 0.1) is 6.10 Å². The minimum atomic E-state index is 0.0606. The molecule has 4 nitrogen and oxygen atoms in total. The van der Waals surface area contributed by atoms with E-state index in [0.717, 1.165) is 25.1 Å². The van der Waals surface area contributed by atoms with E-state index in [4.69, 9.17) is 10.5 Å². The van der Waals surface area contributed by atoms with E-state index in [1.54, 1.807) is 6.07 Å². The molecule has 1 aliphatic heterocycles. The van der Waals surface area contributed by atoms with E-state index in [2.05, 4.69) is 13.8 Å². The van der Waals surface area contributed by atoms with Crippen molar-refractivity contribution < 1.29 is 9.53 Å². The molecule has 1 atom stereocenters. The molecule has 1 amide bonds. The topological polar surface area (TPSA) is 55.6 Å². The van der Waals surface area contributed by atoms with Gasteiger partial charge in [0.2, 0.25) is 0 Å². The highest BCUT2D eigenvalue weighted by molar-refractivity contribution is 5.96. The van der Waals surface area contributed by atoms with Crippen molar-refractivity contribution in [3.63, 3.8) is 0 Å². The molecule has 0 spiro atoms. The molecule has 0 aliphatic carbocycles. The predicted molar refractivity (Wildman–Crippen MR) is 80.7 cm³/mol. The molecular weight excluding hydrogens is 252 g/mol. The molecule has 2 rings (SSSR count). The second-order valence-electron chi connectivity index (χ2n) is 5.96. The molecule has 0 bridgehead atoms. The summed E-state index contributed by atoms with van der Waals surface area (Å²) in [6.45, 7) is 8.40. The Bertz CT molecular complexity index is 485. The first-order chi connectivity index (χ1) is 9.47. The van der Waals surface area contributed by atoms with Gasteiger partial charge in [0.25, 0.3) is 5.91 Å². The lowest BCUT2D eigenvalue weighted by Crippen LogP contribution is -2.31. The number of benzene rings is 1. The van der Waals surface area contributed by atoms with Crippen LogP contribution in [0.2, 0.25) is 0 Å². The Labute approximate surface area is 120 Å². The van der Waals surface area contributed by atoms with Gasteiger partial charge in [-0.2, -0.15) is 0 Å². The SMILES string of the molecule is Cc1ccc(N)cc1C(=O)N1CCC(OCC(C)C)C1. The molecule has 1 fully saturated rings. The lowest BCUT2D eigenvalue weighted by Gasteiger charge is -2.18. The Balaban J connectivity index is 1.99. The number of likely N-dealkylation sites (tertiary alicyclic amines) is 1. The van der Waals surface area contributed by atoms with Crippen LogP contribution in [-0.2, 0) is 4.74 Å². The fourth-order valence-electron chi connectivity index (χ4n) is 2.42. The van der Waals surface area contributed by atoms with Crippen LogP contribution in [0.3, 0.4) is 0 Å². The second kappa shape index (κ2) is 6.27. The van der Waals surface area contributed by atoms with Crippen LogP contribution in [0.15, 0.2) is 18.2 Å². The summed E-state index contributed by atoms with van der Waals surface area (Å²) in [4.78, 5) is 14.4. The standard InChI is InChI=1S/C16H24N2O2/c1-11(2)10-20-14-6-7-18(9-14)16(19)15-8-13(17)5-4-12(15)3/h4-5,8,11,14H,6-7,9-10,17H2,1-3H3. The molecule has 2 N–H and O–H groups in total. The maximum absolute atomic E-state index is 12.5. The van der Waals surface area contributed by atoms with Crippen molar-refractivity contribution in [3.8, 4) is 0 Å². The number of anilines is 1. The van der Waals surface area contributed by atoms with Crippen molar-refractivity contribution >= 4 is 11.6 Å². The van der Waals surface area contributed by atoms with Crippen molar-refractivity contribution in [2.24, 2.45) is 5.92 Å². The maximum Gasteiger partial charge on any atom is 0.254 e. The molecular formula is C16H24N2O2. The van der Waals surface area contributed by atoms with Gasteiger partial charge in [-0.3, -0.25) is 4.79 Å². The van der Waals surface area contributed by atoms with Crippen LogP contribution in [0.1, 0.15) is 36.2 Å². The maximum atomic E-state index is 12.5. The van der Waals surface area contributed by atoms with Crippen LogP contribution in [0.4, 0.5) is 5.69 Å². The van der Waals surface area contributed by atoms with Crippen LogP contribution in [0.25, 0.3) is 0 Å². The molecule has 0 aromatic heterocycles. The van der Waals surface area contributed by atoms with E-state index in [-0.39, 0.29) is 12.0 Å². The Morgan fingerprint density at radius 1 is 1.50 bits per heavy atom. The largest absolute Gasteiger partial charge is 0.399 e. The fraction of sp³-hybridized carbons (Fsp3) is 0.562. The van der Waals surface area contributed by atoms with Gasteiger partial charge >= 0.3 is 0 Å². The van der Waals surface area contributed by atoms with Crippen molar-refractivity contribution in [1.29, 1.82) is 0 Å². The van der Waals surface area contributed by atoms with Crippen molar-refractivity contribution in [2.75, 3.05) is 25.4 Å². The van der Waals surface area contributed by atoms with Crippen LogP contribution in [0.5, 0.6) is 0 Å². The van der Waals surface area contributed by atoms with Crippen molar-refractivity contribution in [3.05, 3.63) is 29.3 Å². The Morgan fingerprint density at radius 2 is 2.25 bits per heavy atom. The molecule has 0 radical (unpaired) electrons. The van der Waals surface area contributed by atoms with Crippen LogP contribution in [-0.4, -0.2) is 36.6 Å². The third kappa shape index (κ3) is 3.51. The summed E-state index contributed by atoms with van der Waals surface area (Å²) < 4.78 is 5.82. The lowest BCUT2D eigenvalue weighted by molar-refractivity contribution is 0.0396. The fourth-order valence-corrected chi connectivity index (χ4v) is 2.42. The van der Waals surface area contributed by atoms with E-state index in [1.807, 2.05) is 24.0 Å². The number of hydrogen-bond acceptors (Lipinski definition) is 3. The summed E-state index contributed by atoms with van der Waals surface area (Å²) in [5, 5.41) is 0. The monoisotopic (exact) mass is 276 g/mol. The van der Waals surface area contributed by atoms with Gasteiger partial charge in [-0.1, -0.05) is 19.9 Å². The second-order valence-corrected chi connectivity index (χ2v) is 5.96. The van der Waals surface area contributed by atoms with Gasteiger partial charge in [-0.15, -0.1) is 0 Å². The van der Waals surface area contributed by atoms with Crippen LogP contribution < -0.4 is 5.73 Å². The highest BCUT2D eigenvalue weighted by Crippen LogP contribution is 2.20. The smallest absolute Gasteiger partial charge is 0.254 e. The third-order valence-electron chi connectivity index (χ3n) is 3.59. The van der Waals surface area contributed by atoms with E-state index in [9.17, 15) is 4.79 Å². The van der Waals surface area contributed by atoms with Gasteiger partial charge in [0.1, 0.15) is 0 Å². The molecule has 4 heteroatoms.